The van der Waals surface area contributed by atoms with Crippen molar-refractivity contribution in [1.82, 2.24) is 0 Å². The van der Waals surface area contributed by atoms with E-state index in [1.165, 1.54) is 12.8 Å². The second-order valence-electron chi connectivity index (χ2n) is 3.42. The van der Waals surface area contributed by atoms with Crippen LogP contribution >= 0.6 is 0 Å². The van der Waals surface area contributed by atoms with Gasteiger partial charge in [0.1, 0.15) is 6.29 Å². The normalized spacial score (nSPS) is 43.8. The number of carbonyl (C=O) groups is 1. The summed E-state index contributed by atoms with van der Waals surface area (Å²) < 4.78 is 0. The molecular weight excluding hydrogens is 124 g/mol. The van der Waals surface area contributed by atoms with Crippen molar-refractivity contribution in [2.45, 2.75) is 19.3 Å². The lowest BCUT2D eigenvalue weighted by Crippen LogP contribution is -2.27. The molecule has 2 bridgehead atoms. The van der Waals surface area contributed by atoms with Crippen molar-refractivity contribution in [3.05, 3.63) is 12.2 Å². The largest absolute Gasteiger partial charge is 0.303 e. The minimum atomic E-state index is 0.351. The highest BCUT2D eigenvalue weighted by molar-refractivity contribution is 5.55. The first kappa shape index (κ1) is 6.14. The van der Waals surface area contributed by atoms with E-state index in [0.29, 0.717) is 11.8 Å². The molecule has 3 atom stereocenters. The zero-order valence-corrected chi connectivity index (χ0v) is 5.99. The van der Waals surface area contributed by atoms with Gasteiger partial charge in [0.2, 0.25) is 0 Å². The lowest BCUT2D eigenvalue weighted by molar-refractivity contribution is -0.113. The van der Waals surface area contributed by atoms with Crippen LogP contribution in [0.3, 0.4) is 0 Å². The zero-order chi connectivity index (χ0) is 6.97. The third-order valence-electron chi connectivity index (χ3n) is 2.80. The average Bonchev–Trinajstić information content (AvgIpc) is 2.06. The lowest BCUT2D eigenvalue weighted by Gasteiger charge is -2.34. The van der Waals surface area contributed by atoms with E-state index < -0.39 is 0 Å². The van der Waals surface area contributed by atoms with Crippen molar-refractivity contribution >= 4 is 6.29 Å². The van der Waals surface area contributed by atoms with Gasteiger partial charge in [-0.2, -0.15) is 0 Å². The number of allylic oxidation sites excluding steroid dienone is 2. The van der Waals surface area contributed by atoms with Crippen LogP contribution in [0, 0.1) is 17.8 Å². The van der Waals surface area contributed by atoms with E-state index in [2.05, 4.69) is 12.2 Å². The summed E-state index contributed by atoms with van der Waals surface area (Å²) in [4.78, 5) is 10.5. The highest BCUT2D eigenvalue weighted by Crippen LogP contribution is 2.38. The molecule has 0 aromatic rings. The Bertz CT molecular complexity index is 172. The number of aldehydes is 1. The summed E-state index contributed by atoms with van der Waals surface area (Å²) in [5.74, 6) is 1.66. The Morgan fingerprint density at radius 3 is 2.50 bits per heavy atom. The van der Waals surface area contributed by atoms with E-state index in [1.54, 1.807) is 0 Å². The molecule has 0 aromatic carbocycles. The van der Waals surface area contributed by atoms with Crippen molar-refractivity contribution in [2.75, 3.05) is 0 Å². The van der Waals surface area contributed by atoms with Gasteiger partial charge in [-0.3, -0.25) is 0 Å². The topological polar surface area (TPSA) is 17.1 Å². The van der Waals surface area contributed by atoms with E-state index in [0.717, 1.165) is 18.6 Å². The van der Waals surface area contributed by atoms with Gasteiger partial charge in [0.25, 0.3) is 0 Å². The van der Waals surface area contributed by atoms with Crippen LogP contribution in [-0.2, 0) is 4.79 Å². The molecule has 0 saturated heterocycles. The van der Waals surface area contributed by atoms with Crippen molar-refractivity contribution in [1.29, 1.82) is 0 Å². The van der Waals surface area contributed by atoms with Gasteiger partial charge in [0.15, 0.2) is 0 Å². The molecule has 0 amide bonds. The molecule has 3 aliphatic rings. The highest BCUT2D eigenvalue weighted by atomic mass is 16.1. The molecule has 0 aromatic heterocycles. The molecule has 1 fully saturated rings. The predicted octanol–water partition coefficient (Wildman–Crippen LogP) is 1.79. The van der Waals surface area contributed by atoms with Crippen LogP contribution < -0.4 is 0 Å². The van der Waals surface area contributed by atoms with E-state index in [4.69, 9.17) is 0 Å². The summed E-state index contributed by atoms with van der Waals surface area (Å²) in [5.41, 5.74) is 0. The summed E-state index contributed by atoms with van der Waals surface area (Å²) in [6.07, 6.45) is 9.33. The number of fused-ring (bicyclic) bond motifs is 2. The van der Waals surface area contributed by atoms with E-state index in [-0.39, 0.29) is 0 Å². The van der Waals surface area contributed by atoms with Gasteiger partial charge in [0, 0.05) is 5.92 Å². The first-order valence-corrected chi connectivity index (χ1v) is 4.04. The molecule has 54 valence electrons. The van der Waals surface area contributed by atoms with Crippen LogP contribution in [0.1, 0.15) is 19.3 Å². The monoisotopic (exact) mass is 136 g/mol. The first-order chi connectivity index (χ1) is 4.90. The second kappa shape index (κ2) is 2.22. The standard InChI is InChI=1S/C9H12O/c10-6-9-5-7-1-3-8(9)4-2-7/h1,3,6-9H,2,4-5H2/t7-,8+,9-/m1/s1. The minimum Gasteiger partial charge on any atom is -0.303 e. The Kier molecular flexibility index (Phi) is 1.37. The fourth-order valence-corrected chi connectivity index (χ4v) is 2.13. The van der Waals surface area contributed by atoms with E-state index in [9.17, 15) is 4.79 Å². The van der Waals surface area contributed by atoms with Crippen molar-refractivity contribution in [2.24, 2.45) is 17.8 Å². The third kappa shape index (κ3) is 0.808. The Morgan fingerprint density at radius 1 is 1.30 bits per heavy atom. The van der Waals surface area contributed by atoms with Crippen LogP contribution in [0.2, 0.25) is 0 Å². The summed E-state index contributed by atoms with van der Waals surface area (Å²) in [7, 11) is 0. The Morgan fingerprint density at radius 2 is 2.20 bits per heavy atom. The molecule has 0 spiro atoms. The van der Waals surface area contributed by atoms with Gasteiger partial charge in [0.05, 0.1) is 0 Å². The molecule has 1 heteroatoms. The minimum absolute atomic E-state index is 0.351. The molecule has 0 radical (unpaired) electrons. The Balaban J connectivity index is 2.18. The SMILES string of the molecule is O=C[C@H]1C[C@@H]2C=C[C@H]1CC2. The van der Waals surface area contributed by atoms with Gasteiger partial charge < -0.3 is 4.79 Å². The van der Waals surface area contributed by atoms with Crippen LogP contribution in [0.25, 0.3) is 0 Å². The Hall–Kier alpha value is -0.590. The summed E-state index contributed by atoms with van der Waals surface area (Å²) in [6.45, 7) is 0. The first-order valence-electron chi connectivity index (χ1n) is 4.04. The average molecular weight is 136 g/mol. The van der Waals surface area contributed by atoms with Gasteiger partial charge in [-0.05, 0) is 31.1 Å². The van der Waals surface area contributed by atoms with E-state index >= 15 is 0 Å². The van der Waals surface area contributed by atoms with Crippen molar-refractivity contribution in [3.63, 3.8) is 0 Å². The molecule has 0 aliphatic heterocycles. The van der Waals surface area contributed by atoms with Crippen LogP contribution in [0.5, 0.6) is 0 Å². The molecule has 0 unspecified atom stereocenters. The molecule has 0 N–H and O–H groups in total. The number of hydrogen-bond acceptors (Lipinski definition) is 1. The van der Waals surface area contributed by atoms with E-state index in [1.807, 2.05) is 0 Å². The molecular formula is C9H12O. The van der Waals surface area contributed by atoms with Crippen LogP contribution in [0.15, 0.2) is 12.2 Å². The molecule has 1 saturated carbocycles. The smallest absolute Gasteiger partial charge is 0.123 e. The van der Waals surface area contributed by atoms with Crippen molar-refractivity contribution < 1.29 is 4.79 Å². The fourth-order valence-electron chi connectivity index (χ4n) is 2.13. The maximum Gasteiger partial charge on any atom is 0.123 e. The van der Waals surface area contributed by atoms with Gasteiger partial charge in [-0.25, -0.2) is 0 Å². The predicted molar refractivity (Wildman–Crippen MR) is 39.5 cm³/mol. The van der Waals surface area contributed by atoms with Gasteiger partial charge in [-0.1, -0.05) is 12.2 Å². The van der Waals surface area contributed by atoms with Gasteiger partial charge in [-0.15, -0.1) is 0 Å². The molecule has 0 heterocycles. The molecule has 1 nitrogen and oxygen atoms in total. The highest BCUT2D eigenvalue weighted by Gasteiger charge is 2.30. The third-order valence-corrected chi connectivity index (χ3v) is 2.80. The Labute approximate surface area is 61.1 Å². The number of hydrogen-bond donors (Lipinski definition) is 0. The maximum atomic E-state index is 10.5. The zero-order valence-electron chi connectivity index (χ0n) is 5.99. The van der Waals surface area contributed by atoms with Gasteiger partial charge >= 0.3 is 0 Å². The maximum absolute atomic E-state index is 10.5. The second-order valence-corrected chi connectivity index (χ2v) is 3.42. The number of rotatable bonds is 1. The summed E-state index contributed by atoms with van der Waals surface area (Å²) in [6, 6.07) is 0. The van der Waals surface area contributed by atoms with Crippen LogP contribution in [-0.4, -0.2) is 6.29 Å². The van der Waals surface area contributed by atoms with Crippen molar-refractivity contribution in [3.8, 4) is 0 Å². The molecule has 3 aliphatic carbocycles. The quantitative estimate of drug-likeness (QED) is 0.396. The lowest BCUT2D eigenvalue weighted by atomic mass is 9.70. The summed E-state index contributed by atoms with van der Waals surface area (Å²) in [5, 5.41) is 0. The molecule has 10 heavy (non-hydrogen) atoms. The fraction of sp³-hybridized carbons (Fsp3) is 0.667. The van der Waals surface area contributed by atoms with Crippen LogP contribution in [0.4, 0.5) is 0 Å². The molecule has 3 rings (SSSR count). The summed E-state index contributed by atoms with van der Waals surface area (Å²) >= 11 is 0. The number of carbonyl (C=O) groups excluding carboxylic acids is 1.